The molecule has 0 radical (unpaired) electrons. The summed E-state index contributed by atoms with van der Waals surface area (Å²) in [4.78, 5) is 19.5. The van der Waals surface area contributed by atoms with Crippen LogP contribution in [0, 0.1) is 0 Å². The Hall–Kier alpha value is -2.78. The fourth-order valence-electron chi connectivity index (χ4n) is 6.00. The number of alkyl halides is 3. The van der Waals surface area contributed by atoms with Crippen molar-refractivity contribution in [3.05, 3.63) is 65.7 Å². The molecule has 1 saturated heterocycles. The van der Waals surface area contributed by atoms with Crippen LogP contribution in [0.25, 0.3) is 0 Å². The third-order valence-corrected chi connectivity index (χ3v) is 8.06. The zero-order valence-electron chi connectivity index (χ0n) is 21.8. The second-order valence-electron chi connectivity index (χ2n) is 10.3. The number of halogens is 3. The van der Waals surface area contributed by atoms with Gasteiger partial charge in [0.25, 0.3) is 0 Å². The van der Waals surface area contributed by atoms with Gasteiger partial charge in [0.2, 0.25) is 0 Å². The molecule has 202 valence electrons. The van der Waals surface area contributed by atoms with Crippen molar-refractivity contribution < 1.29 is 27.4 Å². The molecule has 0 bridgehead atoms. The zero-order valence-corrected chi connectivity index (χ0v) is 21.8. The molecule has 1 spiro atoms. The summed E-state index contributed by atoms with van der Waals surface area (Å²) >= 11 is 0. The molecule has 2 fully saturated rings. The maximum absolute atomic E-state index is 13.6. The van der Waals surface area contributed by atoms with E-state index >= 15 is 0 Å². The fraction of sp³-hybridized carbons (Fsp3) is 0.536. The first-order valence-corrected chi connectivity index (χ1v) is 12.7. The molecule has 0 atom stereocenters. The monoisotopic (exact) mass is 519 g/mol. The summed E-state index contributed by atoms with van der Waals surface area (Å²) in [5, 5.41) is 0. The quantitative estimate of drug-likeness (QED) is 0.403. The number of carbonyl (C=O) groups excluding carboxylic acids is 1. The van der Waals surface area contributed by atoms with E-state index in [1.165, 1.54) is 5.56 Å². The standard InChI is InChI=1S/C28H36F3N3O3/c1-32(2)27(23-8-5-4-6-9-23)16-14-26(15-17-27)21-33(20-22-10-12-24(36-3)13-11-22)25(35)34(26)18-7-19-37-28(29,30)31/h4-6,8-13H,7,14-21H2,1-3H3/t26-,27+. The van der Waals surface area contributed by atoms with Crippen LogP contribution in [-0.4, -0.2) is 73.5 Å². The number of amides is 2. The first-order valence-electron chi connectivity index (χ1n) is 12.7. The van der Waals surface area contributed by atoms with Crippen LogP contribution in [-0.2, 0) is 16.8 Å². The highest BCUT2D eigenvalue weighted by atomic mass is 19.4. The van der Waals surface area contributed by atoms with Crippen LogP contribution in [0.5, 0.6) is 5.75 Å². The predicted molar refractivity (Wildman–Crippen MR) is 135 cm³/mol. The smallest absolute Gasteiger partial charge is 0.497 e. The van der Waals surface area contributed by atoms with Crippen molar-refractivity contribution in [2.75, 3.05) is 40.9 Å². The molecule has 37 heavy (non-hydrogen) atoms. The van der Waals surface area contributed by atoms with Gasteiger partial charge in [-0.3, -0.25) is 9.64 Å². The molecule has 2 aromatic carbocycles. The lowest BCUT2D eigenvalue weighted by molar-refractivity contribution is -0.324. The zero-order chi connectivity index (χ0) is 26.7. The molecule has 2 aliphatic rings. The Balaban J connectivity index is 1.54. The minimum Gasteiger partial charge on any atom is -0.497 e. The van der Waals surface area contributed by atoms with Crippen molar-refractivity contribution in [1.29, 1.82) is 0 Å². The van der Waals surface area contributed by atoms with Crippen molar-refractivity contribution >= 4 is 6.03 Å². The van der Waals surface area contributed by atoms with E-state index in [-0.39, 0.29) is 24.5 Å². The Morgan fingerprint density at radius 1 is 0.973 bits per heavy atom. The Morgan fingerprint density at radius 2 is 1.62 bits per heavy atom. The lowest BCUT2D eigenvalue weighted by atomic mass is 9.68. The Bertz CT molecular complexity index is 1040. The number of methoxy groups -OCH3 is 1. The molecule has 1 aliphatic heterocycles. The van der Waals surface area contributed by atoms with Gasteiger partial charge < -0.3 is 14.5 Å². The molecule has 1 heterocycles. The summed E-state index contributed by atoms with van der Waals surface area (Å²) in [6, 6.07) is 17.9. The maximum atomic E-state index is 13.6. The maximum Gasteiger partial charge on any atom is 0.522 e. The predicted octanol–water partition coefficient (Wildman–Crippen LogP) is 5.63. The van der Waals surface area contributed by atoms with Crippen LogP contribution < -0.4 is 4.74 Å². The molecule has 2 aromatic rings. The number of rotatable bonds is 9. The number of carbonyl (C=O) groups is 1. The molecule has 9 heteroatoms. The molecule has 4 rings (SSSR count). The second-order valence-corrected chi connectivity index (χ2v) is 10.3. The van der Waals surface area contributed by atoms with Gasteiger partial charge in [-0.1, -0.05) is 42.5 Å². The molecule has 0 aromatic heterocycles. The number of urea groups is 1. The molecular formula is C28H36F3N3O3. The van der Waals surface area contributed by atoms with Gasteiger partial charge in [0.15, 0.2) is 0 Å². The van der Waals surface area contributed by atoms with Crippen molar-refractivity contribution in [3.63, 3.8) is 0 Å². The van der Waals surface area contributed by atoms with Gasteiger partial charge in [-0.2, -0.15) is 0 Å². The number of benzene rings is 2. The Morgan fingerprint density at radius 3 is 2.19 bits per heavy atom. The van der Waals surface area contributed by atoms with Gasteiger partial charge in [-0.15, -0.1) is 13.2 Å². The third kappa shape index (κ3) is 5.88. The van der Waals surface area contributed by atoms with E-state index in [9.17, 15) is 18.0 Å². The van der Waals surface area contributed by atoms with Gasteiger partial charge in [0, 0.05) is 25.2 Å². The summed E-state index contributed by atoms with van der Waals surface area (Å²) in [5.74, 6) is 0.743. The van der Waals surface area contributed by atoms with Crippen LogP contribution in [0.2, 0.25) is 0 Å². The van der Waals surface area contributed by atoms with Gasteiger partial charge in [0.1, 0.15) is 5.75 Å². The van der Waals surface area contributed by atoms with E-state index in [1.807, 2.05) is 52.3 Å². The topological polar surface area (TPSA) is 45.2 Å². The average Bonchev–Trinajstić information content (AvgIpc) is 3.12. The molecular weight excluding hydrogens is 483 g/mol. The fourth-order valence-corrected chi connectivity index (χ4v) is 6.00. The molecule has 1 saturated carbocycles. The SMILES string of the molecule is COc1ccc(CN2C[C@]3(CC[C@](c4ccccc4)(N(C)C)CC3)N(CCCOC(F)(F)F)C2=O)cc1. The van der Waals surface area contributed by atoms with Crippen LogP contribution >= 0.6 is 0 Å². The highest BCUT2D eigenvalue weighted by Gasteiger charge is 2.54. The lowest BCUT2D eigenvalue weighted by Crippen LogP contribution is -2.55. The summed E-state index contributed by atoms with van der Waals surface area (Å²) in [6.45, 7) is 0.760. The van der Waals surface area contributed by atoms with Crippen LogP contribution in [0.1, 0.15) is 43.2 Å². The average molecular weight is 520 g/mol. The van der Waals surface area contributed by atoms with Gasteiger partial charge in [-0.25, -0.2) is 4.79 Å². The minimum absolute atomic E-state index is 0.125. The van der Waals surface area contributed by atoms with Gasteiger partial charge >= 0.3 is 12.4 Å². The van der Waals surface area contributed by atoms with Crippen LogP contribution in [0.15, 0.2) is 54.6 Å². The van der Waals surface area contributed by atoms with Crippen molar-refractivity contribution in [3.8, 4) is 5.75 Å². The largest absolute Gasteiger partial charge is 0.522 e. The normalized spacial score (nSPS) is 24.4. The molecule has 6 nitrogen and oxygen atoms in total. The van der Waals surface area contributed by atoms with Gasteiger partial charge in [0.05, 0.1) is 19.3 Å². The van der Waals surface area contributed by atoms with E-state index in [0.29, 0.717) is 13.1 Å². The van der Waals surface area contributed by atoms with Crippen LogP contribution in [0.3, 0.4) is 0 Å². The number of nitrogens with zero attached hydrogens (tertiary/aromatic N) is 3. The summed E-state index contributed by atoms with van der Waals surface area (Å²) < 4.78 is 46.8. The molecule has 0 N–H and O–H groups in total. The highest BCUT2D eigenvalue weighted by Crippen LogP contribution is 2.49. The van der Waals surface area contributed by atoms with E-state index in [2.05, 4.69) is 35.9 Å². The second kappa shape index (κ2) is 10.9. The number of hydrogen-bond donors (Lipinski definition) is 0. The molecule has 0 unspecified atom stereocenters. The lowest BCUT2D eigenvalue weighted by Gasteiger charge is -2.51. The van der Waals surface area contributed by atoms with Crippen molar-refractivity contribution in [2.45, 2.75) is 56.1 Å². The van der Waals surface area contributed by atoms with E-state index in [0.717, 1.165) is 37.0 Å². The number of hydrogen-bond acceptors (Lipinski definition) is 4. The minimum atomic E-state index is -4.67. The van der Waals surface area contributed by atoms with E-state index in [4.69, 9.17) is 4.74 Å². The first-order chi connectivity index (χ1) is 17.6. The first kappa shape index (κ1) is 27.3. The summed E-state index contributed by atoms with van der Waals surface area (Å²) in [7, 11) is 5.79. The Kier molecular flexibility index (Phi) is 8.04. The third-order valence-electron chi connectivity index (χ3n) is 8.06. The molecule has 2 amide bonds. The van der Waals surface area contributed by atoms with Crippen molar-refractivity contribution in [1.82, 2.24) is 14.7 Å². The van der Waals surface area contributed by atoms with E-state index in [1.54, 1.807) is 7.11 Å². The van der Waals surface area contributed by atoms with Crippen LogP contribution in [0.4, 0.5) is 18.0 Å². The number of ether oxygens (including phenoxy) is 2. The van der Waals surface area contributed by atoms with Gasteiger partial charge in [-0.05, 0) is 69.5 Å². The van der Waals surface area contributed by atoms with E-state index < -0.39 is 18.5 Å². The Labute approximate surface area is 216 Å². The molecule has 1 aliphatic carbocycles. The summed E-state index contributed by atoms with van der Waals surface area (Å²) in [6.07, 6.45) is -1.30. The van der Waals surface area contributed by atoms with Crippen molar-refractivity contribution in [2.24, 2.45) is 0 Å². The summed E-state index contributed by atoms with van der Waals surface area (Å²) in [5.41, 5.74) is 1.66. The highest BCUT2D eigenvalue weighted by molar-refractivity contribution is 5.78.